The van der Waals surface area contributed by atoms with E-state index in [0.717, 1.165) is 5.69 Å². The molecule has 0 aromatic heterocycles. The number of aliphatic imine (C=N–C) groups is 1. The van der Waals surface area contributed by atoms with Crippen molar-refractivity contribution in [3.05, 3.63) is 41.5 Å². The average Bonchev–Trinajstić information content (AvgIpc) is 2.96. The molecule has 0 aliphatic carbocycles. The molecule has 0 amide bonds. The van der Waals surface area contributed by atoms with Gasteiger partial charge in [-0.25, -0.2) is 0 Å². The highest BCUT2D eigenvalue weighted by atomic mass is 14.8. The monoisotopic (exact) mass is 335 g/mol. The third-order valence-corrected chi connectivity index (χ3v) is 5.56. The van der Waals surface area contributed by atoms with E-state index in [2.05, 4.69) is 44.2 Å². The molecule has 1 aliphatic rings. The van der Waals surface area contributed by atoms with Gasteiger partial charge in [-0.2, -0.15) is 0 Å². The lowest BCUT2D eigenvalue weighted by Crippen LogP contribution is -1.99. The third-order valence-electron chi connectivity index (χ3n) is 5.56. The van der Waals surface area contributed by atoms with E-state index in [4.69, 9.17) is 4.99 Å². The molecule has 2 aromatic rings. The maximum atomic E-state index is 4.77. The van der Waals surface area contributed by atoms with E-state index in [1.165, 1.54) is 98.2 Å². The Morgan fingerprint density at radius 1 is 0.760 bits per heavy atom. The van der Waals surface area contributed by atoms with Crippen LogP contribution in [-0.4, -0.2) is 5.71 Å². The maximum Gasteiger partial charge on any atom is 0.0718 e. The van der Waals surface area contributed by atoms with Gasteiger partial charge in [-0.1, -0.05) is 89.0 Å². The zero-order valence-corrected chi connectivity index (χ0v) is 16.1. The molecule has 0 radical (unpaired) electrons. The number of unbranched alkanes of at least 4 members (excludes halogenated alkanes) is 9. The van der Waals surface area contributed by atoms with Crippen LogP contribution in [0.1, 0.15) is 89.2 Å². The molecule has 0 saturated carbocycles. The summed E-state index contributed by atoms with van der Waals surface area (Å²) in [6.07, 6.45) is 15.2. The summed E-state index contributed by atoms with van der Waals surface area (Å²) >= 11 is 0. The molecule has 0 fully saturated rings. The van der Waals surface area contributed by atoms with Crippen molar-refractivity contribution in [3.8, 4) is 0 Å². The third kappa shape index (κ3) is 4.51. The number of nitrogens with zero attached hydrogens (tertiary/aromatic N) is 1. The minimum atomic E-state index is 1.16. The van der Waals surface area contributed by atoms with Crippen LogP contribution in [0.15, 0.2) is 35.3 Å². The van der Waals surface area contributed by atoms with Gasteiger partial charge in [0.1, 0.15) is 0 Å². The molecule has 25 heavy (non-hydrogen) atoms. The predicted octanol–water partition coefficient (Wildman–Crippen LogP) is 7.76. The number of benzene rings is 2. The van der Waals surface area contributed by atoms with E-state index in [1.54, 1.807) is 0 Å². The van der Waals surface area contributed by atoms with Gasteiger partial charge in [0.25, 0.3) is 0 Å². The van der Waals surface area contributed by atoms with Crippen LogP contribution in [0.5, 0.6) is 0 Å². The number of aryl methyl sites for hydroxylation is 1. The fourth-order valence-electron chi connectivity index (χ4n) is 4.16. The van der Waals surface area contributed by atoms with Crippen molar-refractivity contribution in [2.75, 3.05) is 0 Å². The first-order chi connectivity index (χ1) is 12.3. The van der Waals surface area contributed by atoms with Crippen LogP contribution in [0.4, 0.5) is 5.69 Å². The van der Waals surface area contributed by atoms with E-state index in [0.29, 0.717) is 0 Å². The van der Waals surface area contributed by atoms with Gasteiger partial charge >= 0.3 is 0 Å². The highest BCUT2D eigenvalue weighted by Crippen LogP contribution is 2.37. The molecule has 0 atom stereocenters. The molecular formula is C24H33N. The van der Waals surface area contributed by atoms with E-state index in [1.807, 2.05) is 0 Å². The zero-order valence-electron chi connectivity index (χ0n) is 16.1. The molecule has 1 nitrogen and oxygen atoms in total. The molecule has 1 heterocycles. The SMILES string of the molecule is CCCCCCCCCCCCc1ccc2cccc3c2c1C(C)=N3. The first-order valence-electron chi connectivity index (χ1n) is 10.4. The van der Waals surface area contributed by atoms with Crippen molar-refractivity contribution in [2.24, 2.45) is 4.99 Å². The Balaban J connectivity index is 1.43. The number of rotatable bonds is 11. The van der Waals surface area contributed by atoms with E-state index >= 15 is 0 Å². The lowest BCUT2D eigenvalue weighted by atomic mass is 9.93. The fraction of sp³-hybridized carbons (Fsp3) is 0.542. The molecular weight excluding hydrogens is 302 g/mol. The standard InChI is InChI=1S/C24H33N/c1-3-4-5-6-7-8-9-10-11-12-14-20-17-18-21-15-13-16-22-24(21)23(20)19(2)25-22/h13,15-18H,3-12,14H2,1-2H3. The quantitative estimate of drug-likeness (QED) is 0.372. The van der Waals surface area contributed by atoms with Crippen LogP contribution in [0.2, 0.25) is 0 Å². The van der Waals surface area contributed by atoms with Crippen LogP contribution in [-0.2, 0) is 6.42 Å². The molecule has 0 saturated heterocycles. The van der Waals surface area contributed by atoms with Crippen molar-refractivity contribution < 1.29 is 0 Å². The van der Waals surface area contributed by atoms with Gasteiger partial charge in [0, 0.05) is 16.7 Å². The second kappa shape index (κ2) is 9.17. The van der Waals surface area contributed by atoms with Crippen molar-refractivity contribution in [1.29, 1.82) is 0 Å². The minimum absolute atomic E-state index is 1.16. The Morgan fingerprint density at radius 2 is 1.44 bits per heavy atom. The lowest BCUT2D eigenvalue weighted by molar-refractivity contribution is 0.556. The van der Waals surface area contributed by atoms with E-state index in [9.17, 15) is 0 Å². The summed E-state index contributed by atoms with van der Waals surface area (Å²) in [6, 6.07) is 11.1. The fourth-order valence-corrected chi connectivity index (χ4v) is 4.16. The van der Waals surface area contributed by atoms with Crippen LogP contribution in [0.3, 0.4) is 0 Å². The molecule has 2 aromatic carbocycles. The van der Waals surface area contributed by atoms with Crippen LogP contribution in [0, 0.1) is 0 Å². The summed E-state index contributed by atoms with van der Waals surface area (Å²) in [4.78, 5) is 4.77. The van der Waals surface area contributed by atoms with Crippen LogP contribution < -0.4 is 0 Å². The molecule has 134 valence electrons. The summed E-state index contributed by atoms with van der Waals surface area (Å²) in [5.74, 6) is 0. The van der Waals surface area contributed by atoms with Gasteiger partial charge in [0.2, 0.25) is 0 Å². The number of hydrogen-bond donors (Lipinski definition) is 0. The van der Waals surface area contributed by atoms with Gasteiger partial charge < -0.3 is 0 Å². The smallest absolute Gasteiger partial charge is 0.0718 e. The summed E-state index contributed by atoms with van der Waals surface area (Å²) in [6.45, 7) is 4.45. The van der Waals surface area contributed by atoms with Crippen LogP contribution in [0.25, 0.3) is 10.8 Å². The topological polar surface area (TPSA) is 12.4 Å². The summed E-state index contributed by atoms with van der Waals surface area (Å²) in [5, 5.41) is 2.71. The zero-order chi connectivity index (χ0) is 17.5. The van der Waals surface area contributed by atoms with Crippen LogP contribution >= 0.6 is 0 Å². The summed E-state index contributed by atoms with van der Waals surface area (Å²) in [7, 11) is 0. The van der Waals surface area contributed by atoms with Gasteiger partial charge in [-0.3, -0.25) is 4.99 Å². The van der Waals surface area contributed by atoms with E-state index < -0.39 is 0 Å². The first-order valence-corrected chi connectivity index (χ1v) is 10.4. The highest BCUT2D eigenvalue weighted by molar-refractivity contribution is 6.19. The molecule has 0 unspecified atom stereocenters. The highest BCUT2D eigenvalue weighted by Gasteiger charge is 2.18. The first kappa shape index (κ1) is 18.2. The molecule has 0 spiro atoms. The second-order valence-corrected chi connectivity index (χ2v) is 7.60. The minimum Gasteiger partial charge on any atom is -0.252 e. The lowest BCUT2D eigenvalue weighted by Gasteiger charge is -2.09. The normalized spacial score (nSPS) is 12.8. The van der Waals surface area contributed by atoms with Crippen molar-refractivity contribution >= 4 is 22.2 Å². The maximum absolute atomic E-state index is 4.77. The Kier molecular flexibility index (Phi) is 6.67. The Morgan fingerprint density at radius 3 is 2.16 bits per heavy atom. The molecule has 3 rings (SSSR count). The van der Waals surface area contributed by atoms with Gasteiger partial charge in [-0.05, 0) is 36.8 Å². The van der Waals surface area contributed by atoms with Crippen molar-refractivity contribution in [3.63, 3.8) is 0 Å². The summed E-state index contributed by atoms with van der Waals surface area (Å²) < 4.78 is 0. The molecule has 1 heteroatoms. The molecule has 0 N–H and O–H groups in total. The Labute approximate surface area is 153 Å². The largest absolute Gasteiger partial charge is 0.252 e. The second-order valence-electron chi connectivity index (χ2n) is 7.60. The van der Waals surface area contributed by atoms with Crippen molar-refractivity contribution in [2.45, 2.75) is 84.5 Å². The Bertz CT molecular complexity index is 726. The molecule has 1 aliphatic heterocycles. The van der Waals surface area contributed by atoms with Gasteiger partial charge in [-0.15, -0.1) is 0 Å². The van der Waals surface area contributed by atoms with Gasteiger partial charge in [0.15, 0.2) is 0 Å². The predicted molar refractivity (Wildman–Crippen MR) is 111 cm³/mol. The van der Waals surface area contributed by atoms with Crippen molar-refractivity contribution in [1.82, 2.24) is 0 Å². The summed E-state index contributed by atoms with van der Waals surface area (Å²) in [5.41, 5.74) is 5.28. The van der Waals surface area contributed by atoms with Gasteiger partial charge in [0.05, 0.1) is 5.69 Å². The molecule has 0 bridgehead atoms. The number of hydrogen-bond acceptors (Lipinski definition) is 1. The average molecular weight is 336 g/mol. The van der Waals surface area contributed by atoms with E-state index in [-0.39, 0.29) is 0 Å². The Hall–Kier alpha value is -1.63.